The van der Waals surface area contributed by atoms with Gasteiger partial charge in [-0.1, -0.05) is 49.2 Å². The molecule has 0 saturated heterocycles. The van der Waals surface area contributed by atoms with Crippen LogP contribution < -0.4 is 0 Å². The van der Waals surface area contributed by atoms with Crippen LogP contribution in [0.25, 0.3) is 0 Å². The summed E-state index contributed by atoms with van der Waals surface area (Å²) in [5.74, 6) is -2.33. The molecular formula is C21H17ClO6. The lowest BCUT2D eigenvalue weighted by Crippen LogP contribution is -2.23. The number of esters is 2. The third kappa shape index (κ3) is 3.68. The van der Waals surface area contributed by atoms with Gasteiger partial charge in [-0.05, 0) is 18.6 Å². The first-order chi connectivity index (χ1) is 13.5. The number of unbranched alkanes of at least 4 members (excludes halogenated alkanes) is 1. The van der Waals surface area contributed by atoms with Crippen LogP contribution in [0.2, 0.25) is 5.02 Å². The summed E-state index contributed by atoms with van der Waals surface area (Å²) in [4.78, 5) is 49.3. The summed E-state index contributed by atoms with van der Waals surface area (Å²) in [7, 11) is 0. The summed E-state index contributed by atoms with van der Waals surface area (Å²) >= 11 is 6.28. The molecule has 0 unspecified atom stereocenters. The zero-order valence-corrected chi connectivity index (χ0v) is 15.9. The van der Waals surface area contributed by atoms with Crippen LogP contribution in [0, 0.1) is 0 Å². The van der Waals surface area contributed by atoms with Crippen LogP contribution in [-0.4, -0.2) is 36.7 Å². The molecule has 28 heavy (non-hydrogen) atoms. The average molecular weight is 401 g/mol. The molecule has 0 radical (unpaired) electrons. The molecule has 1 aliphatic carbocycles. The van der Waals surface area contributed by atoms with Crippen molar-refractivity contribution in [1.29, 1.82) is 0 Å². The van der Waals surface area contributed by atoms with E-state index in [0.717, 1.165) is 6.42 Å². The van der Waals surface area contributed by atoms with E-state index in [-0.39, 0.29) is 39.7 Å². The fraction of sp³-hybridized carbons (Fsp3) is 0.238. The predicted molar refractivity (Wildman–Crippen MR) is 101 cm³/mol. The summed E-state index contributed by atoms with van der Waals surface area (Å²) in [6.07, 6.45) is 1.58. The fourth-order valence-corrected chi connectivity index (χ4v) is 3.21. The quantitative estimate of drug-likeness (QED) is 0.464. The molecule has 0 fully saturated rings. The molecule has 0 aromatic heterocycles. The van der Waals surface area contributed by atoms with Crippen LogP contribution in [0.15, 0.2) is 36.4 Å². The first kappa shape index (κ1) is 19.8. The van der Waals surface area contributed by atoms with Crippen LogP contribution in [0.5, 0.6) is 0 Å². The standard InChI is InChI=1S/C21H17ClO6/c1-2-3-10-27-16(23)11-28-21(26)15-9-8-14-17(18(15)22)20(25)13-7-5-4-6-12(13)19(14)24/h4-9H,2-3,10-11H2,1H3. The number of hydrogen-bond donors (Lipinski definition) is 0. The van der Waals surface area contributed by atoms with Crippen molar-refractivity contribution in [2.75, 3.05) is 13.2 Å². The second-order valence-corrected chi connectivity index (χ2v) is 6.58. The van der Waals surface area contributed by atoms with Gasteiger partial charge in [-0.3, -0.25) is 9.59 Å². The Bertz CT molecular complexity index is 979. The highest BCUT2D eigenvalue weighted by atomic mass is 35.5. The van der Waals surface area contributed by atoms with Gasteiger partial charge in [0.2, 0.25) is 0 Å². The molecule has 2 aromatic rings. The molecule has 1 aliphatic rings. The molecule has 0 bridgehead atoms. The van der Waals surface area contributed by atoms with Gasteiger partial charge in [-0.25, -0.2) is 9.59 Å². The first-order valence-electron chi connectivity index (χ1n) is 8.79. The number of carbonyl (C=O) groups is 4. The van der Waals surface area contributed by atoms with Gasteiger partial charge >= 0.3 is 11.9 Å². The number of benzene rings is 2. The molecule has 0 heterocycles. The summed E-state index contributed by atoms with van der Waals surface area (Å²) < 4.78 is 9.84. The van der Waals surface area contributed by atoms with Crippen molar-refractivity contribution in [2.45, 2.75) is 19.8 Å². The number of ketones is 2. The second kappa shape index (κ2) is 8.35. The van der Waals surface area contributed by atoms with E-state index in [1.165, 1.54) is 18.2 Å². The van der Waals surface area contributed by atoms with Crippen LogP contribution >= 0.6 is 11.6 Å². The summed E-state index contributed by atoms with van der Waals surface area (Å²) in [5, 5.41) is -0.172. The van der Waals surface area contributed by atoms with E-state index >= 15 is 0 Å². The Labute approximate surface area is 166 Å². The largest absolute Gasteiger partial charge is 0.463 e. The first-order valence-corrected chi connectivity index (χ1v) is 9.17. The maximum absolute atomic E-state index is 12.8. The van der Waals surface area contributed by atoms with Crippen molar-refractivity contribution in [3.8, 4) is 0 Å². The van der Waals surface area contributed by atoms with Crippen LogP contribution in [0.1, 0.15) is 62.0 Å². The number of ether oxygens (including phenoxy) is 2. The summed E-state index contributed by atoms with van der Waals surface area (Å²) in [6.45, 7) is 1.64. The number of hydrogen-bond acceptors (Lipinski definition) is 6. The zero-order valence-electron chi connectivity index (χ0n) is 15.1. The van der Waals surface area contributed by atoms with Gasteiger partial charge in [0.1, 0.15) is 0 Å². The number of halogens is 1. The number of fused-ring (bicyclic) bond motifs is 2. The molecular weight excluding hydrogens is 384 g/mol. The Morgan fingerprint density at radius 1 is 0.929 bits per heavy atom. The lowest BCUT2D eigenvalue weighted by Gasteiger charge is -2.19. The molecule has 7 heteroatoms. The smallest absolute Gasteiger partial charge is 0.344 e. The van der Waals surface area contributed by atoms with Crippen molar-refractivity contribution >= 4 is 35.1 Å². The predicted octanol–water partition coefficient (Wildman–Crippen LogP) is 3.62. The van der Waals surface area contributed by atoms with Crippen molar-refractivity contribution < 1.29 is 28.7 Å². The molecule has 0 spiro atoms. The van der Waals surface area contributed by atoms with Gasteiger partial charge < -0.3 is 9.47 Å². The molecule has 6 nitrogen and oxygen atoms in total. The Morgan fingerprint density at radius 2 is 1.61 bits per heavy atom. The maximum Gasteiger partial charge on any atom is 0.344 e. The fourth-order valence-electron chi connectivity index (χ4n) is 2.88. The second-order valence-electron chi connectivity index (χ2n) is 6.20. The number of carbonyl (C=O) groups excluding carboxylic acids is 4. The minimum absolute atomic E-state index is 0.0367. The van der Waals surface area contributed by atoms with Crippen LogP contribution in [-0.2, 0) is 14.3 Å². The van der Waals surface area contributed by atoms with Gasteiger partial charge in [0.05, 0.1) is 22.8 Å². The molecule has 144 valence electrons. The van der Waals surface area contributed by atoms with Crippen LogP contribution in [0.4, 0.5) is 0 Å². The van der Waals surface area contributed by atoms with E-state index in [4.69, 9.17) is 21.1 Å². The molecule has 0 N–H and O–H groups in total. The Morgan fingerprint density at radius 3 is 2.29 bits per heavy atom. The van der Waals surface area contributed by atoms with Gasteiger partial charge in [0.15, 0.2) is 18.2 Å². The van der Waals surface area contributed by atoms with E-state index in [1.807, 2.05) is 6.92 Å². The third-order valence-electron chi connectivity index (χ3n) is 4.33. The molecule has 2 aromatic carbocycles. The highest BCUT2D eigenvalue weighted by Gasteiger charge is 2.33. The van der Waals surface area contributed by atoms with Crippen LogP contribution in [0.3, 0.4) is 0 Å². The van der Waals surface area contributed by atoms with Crippen molar-refractivity contribution in [3.63, 3.8) is 0 Å². The summed E-state index contributed by atoms with van der Waals surface area (Å²) in [6, 6.07) is 9.09. The maximum atomic E-state index is 12.8. The molecule has 3 rings (SSSR count). The molecule has 0 aliphatic heterocycles. The van der Waals surface area contributed by atoms with E-state index in [0.29, 0.717) is 12.0 Å². The lowest BCUT2D eigenvalue weighted by atomic mass is 9.83. The zero-order chi connectivity index (χ0) is 20.3. The highest BCUT2D eigenvalue weighted by molar-refractivity contribution is 6.41. The Balaban J connectivity index is 1.82. The van der Waals surface area contributed by atoms with E-state index in [1.54, 1.807) is 18.2 Å². The van der Waals surface area contributed by atoms with Crippen molar-refractivity contribution in [3.05, 3.63) is 69.2 Å². The minimum Gasteiger partial charge on any atom is -0.463 e. The van der Waals surface area contributed by atoms with Gasteiger partial charge in [-0.15, -0.1) is 0 Å². The monoisotopic (exact) mass is 400 g/mol. The molecule has 0 atom stereocenters. The van der Waals surface area contributed by atoms with Crippen molar-refractivity contribution in [2.24, 2.45) is 0 Å². The van der Waals surface area contributed by atoms with E-state index in [9.17, 15) is 19.2 Å². The number of rotatable bonds is 6. The van der Waals surface area contributed by atoms with Gasteiger partial charge in [0.25, 0.3) is 0 Å². The lowest BCUT2D eigenvalue weighted by molar-refractivity contribution is -0.147. The van der Waals surface area contributed by atoms with E-state index in [2.05, 4.69) is 0 Å². The topological polar surface area (TPSA) is 86.7 Å². The van der Waals surface area contributed by atoms with E-state index < -0.39 is 24.3 Å². The van der Waals surface area contributed by atoms with Gasteiger partial charge in [0, 0.05) is 16.7 Å². The Kier molecular flexibility index (Phi) is 5.90. The SMILES string of the molecule is CCCCOC(=O)COC(=O)c1ccc2c(c1Cl)C(=O)c1ccccc1C2=O. The van der Waals surface area contributed by atoms with Gasteiger partial charge in [-0.2, -0.15) is 0 Å². The summed E-state index contributed by atoms with van der Waals surface area (Å²) in [5.41, 5.74) is 0.519. The molecule has 0 saturated carbocycles. The minimum atomic E-state index is -0.876. The highest BCUT2D eigenvalue weighted by Crippen LogP contribution is 2.34. The van der Waals surface area contributed by atoms with Crippen molar-refractivity contribution in [1.82, 2.24) is 0 Å². The average Bonchev–Trinajstić information content (AvgIpc) is 2.70. The third-order valence-corrected chi connectivity index (χ3v) is 4.72. The molecule has 0 amide bonds. The normalized spacial score (nSPS) is 12.2. The Hall–Kier alpha value is -2.99.